The summed E-state index contributed by atoms with van der Waals surface area (Å²) >= 11 is 0. The summed E-state index contributed by atoms with van der Waals surface area (Å²) in [5.74, 6) is 0.885. The summed E-state index contributed by atoms with van der Waals surface area (Å²) in [6.45, 7) is 8.38. The van der Waals surface area contributed by atoms with Crippen LogP contribution in [0.1, 0.15) is 31.2 Å². The van der Waals surface area contributed by atoms with Crippen molar-refractivity contribution in [1.82, 2.24) is 4.90 Å². The first-order chi connectivity index (χ1) is 9.72. The maximum Gasteiger partial charge on any atom is 0.0600 e. The maximum atomic E-state index is 6.17. The lowest BCUT2D eigenvalue weighted by Gasteiger charge is -2.35. The Labute approximate surface area is 122 Å². The lowest BCUT2D eigenvalue weighted by atomic mass is 9.95. The van der Waals surface area contributed by atoms with Gasteiger partial charge >= 0.3 is 0 Å². The number of piperidine rings is 1. The Kier molecular flexibility index (Phi) is 4.16. The average Bonchev–Trinajstić information content (AvgIpc) is 2.93. The number of nitrogens with two attached hydrogens (primary N) is 1. The zero-order valence-electron chi connectivity index (χ0n) is 12.6. The van der Waals surface area contributed by atoms with Gasteiger partial charge in [0.2, 0.25) is 0 Å². The molecule has 0 amide bonds. The second kappa shape index (κ2) is 6.04. The monoisotopic (exact) mass is 273 g/mol. The highest BCUT2D eigenvalue weighted by molar-refractivity contribution is 5.68. The van der Waals surface area contributed by atoms with E-state index in [4.69, 9.17) is 5.73 Å². The molecular weight excluding hydrogens is 246 g/mol. The van der Waals surface area contributed by atoms with Crippen molar-refractivity contribution in [3.05, 3.63) is 23.8 Å². The molecule has 2 aliphatic heterocycles. The van der Waals surface area contributed by atoms with Gasteiger partial charge in [-0.25, -0.2) is 0 Å². The van der Waals surface area contributed by atoms with Crippen molar-refractivity contribution in [2.45, 2.75) is 32.6 Å². The average molecular weight is 273 g/mol. The fourth-order valence-electron chi connectivity index (χ4n) is 3.65. The molecule has 20 heavy (non-hydrogen) atoms. The van der Waals surface area contributed by atoms with Gasteiger partial charge in [-0.1, -0.05) is 6.07 Å². The minimum atomic E-state index is 0.885. The van der Waals surface area contributed by atoms with Crippen molar-refractivity contribution in [2.75, 3.05) is 43.4 Å². The van der Waals surface area contributed by atoms with Gasteiger partial charge in [0.1, 0.15) is 0 Å². The summed E-state index contributed by atoms with van der Waals surface area (Å²) in [6.07, 6.45) is 5.42. The Balaban J connectivity index is 1.55. The molecule has 0 atom stereocenters. The van der Waals surface area contributed by atoms with Gasteiger partial charge in [-0.2, -0.15) is 0 Å². The molecule has 0 aromatic heterocycles. The third-order valence-corrected chi connectivity index (χ3v) is 4.85. The van der Waals surface area contributed by atoms with Crippen molar-refractivity contribution in [3.8, 4) is 0 Å². The van der Waals surface area contributed by atoms with Crippen LogP contribution in [0.15, 0.2) is 18.2 Å². The summed E-state index contributed by atoms with van der Waals surface area (Å²) in [4.78, 5) is 5.12. The number of hydrogen-bond acceptors (Lipinski definition) is 3. The normalized spacial score (nSPS) is 21.6. The Bertz CT molecular complexity index is 444. The largest absolute Gasteiger partial charge is 0.397 e. The molecule has 0 radical (unpaired) electrons. The molecule has 0 aliphatic carbocycles. The predicted molar refractivity (Wildman–Crippen MR) is 86.2 cm³/mol. The van der Waals surface area contributed by atoms with Crippen LogP contribution in [0.4, 0.5) is 11.4 Å². The van der Waals surface area contributed by atoms with E-state index < -0.39 is 0 Å². The topological polar surface area (TPSA) is 32.5 Å². The molecule has 2 aliphatic rings. The minimum Gasteiger partial charge on any atom is -0.397 e. The smallest absolute Gasteiger partial charge is 0.0600 e. The molecule has 0 unspecified atom stereocenters. The minimum absolute atomic E-state index is 0.885. The zero-order valence-corrected chi connectivity index (χ0v) is 12.6. The molecular formula is C17H27N3. The van der Waals surface area contributed by atoms with Crippen molar-refractivity contribution in [1.29, 1.82) is 0 Å². The van der Waals surface area contributed by atoms with Gasteiger partial charge in [0.05, 0.1) is 11.4 Å². The summed E-state index contributed by atoms with van der Waals surface area (Å²) in [6, 6.07) is 6.44. The molecule has 1 aromatic rings. The van der Waals surface area contributed by atoms with E-state index in [1.54, 1.807) is 0 Å². The third-order valence-electron chi connectivity index (χ3n) is 4.85. The van der Waals surface area contributed by atoms with Gasteiger partial charge < -0.3 is 15.5 Å². The first kappa shape index (κ1) is 13.7. The van der Waals surface area contributed by atoms with Gasteiger partial charge in [0, 0.05) is 19.6 Å². The lowest BCUT2D eigenvalue weighted by Crippen LogP contribution is -2.38. The van der Waals surface area contributed by atoms with Crippen LogP contribution in [0.25, 0.3) is 0 Å². The van der Waals surface area contributed by atoms with Crippen molar-refractivity contribution < 1.29 is 0 Å². The van der Waals surface area contributed by atoms with Gasteiger partial charge in [-0.15, -0.1) is 0 Å². The highest BCUT2D eigenvalue weighted by atomic mass is 15.2. The van der Waals surface area contributed by atoms with E-state index in [1.165, 1.54) is 56.6 Å². The molecule has 0 spiro atoms. The van der Waals surface area contributed by atoms with Gasteiger partial charge in [0.15, 0.2) is 0 Å². The molecule has 2 fully saturated rings. The molecule has 0 saturated carbocycles. The summed E-state index contributed by atoms with van der Waals surface area (Å²) in [7, 11) is 0. The maximum absolute atomic E-state index is 6.17. The molecule has 0 bridgehead atoms. The van der Waals surface area contributed by atoms with Gasteiger partial charge in [-0.05, 0) is 69.3 Å². The van der Waals surface area contributed by atoms with E-state index in [1.807, 2.05) is 0 Å². The number of rotatable bonds is 3. The number of likely N-dealkylation sites (tertiary alicyclic amines) is 1. The fourth-order valence-corrected chi connectivity index (χ4v) is 3.65. The lowest BCUT2D eigenvalue weighted by molar-refractivity contribution is 0.249. The van der Waals surface area contributed by atoms with Crippen LogP contribution in [0.5, 0.6) is 0 Å². The zero-order chi connectivity index (χ0) is 13.9. The molecule has 1 aromatic carbocycles. The van der Waals surface area contributed by atoms with E-state index in [0.29, 0.717) is 0 Å². The van der Waals surface area contributed by atoms with Crippen molar-refractivity contribution >= 4 is 11.4 Å². The fraction of sp³-hybridized carbons (Fsp3) is 0.647. The third kappa shape index (κ3) is 3.09. The standard InChI is InChI=1S/C17H27N3/c1-14-4-5-17(16(18)12-14)20-10-6-15(7-11-20)13-19-8-2-3-9-19/h4-5,12,15H,2-3,6-11,13,18H2,1H3. The van der Waals surface area contributed by atoms with Crippen LogP contribution in [0.3, 0.4) is 0 Å². The Hall–Kier alpha value is -1.22. The number of hydrogen-bond donors (Lipinski definition) is 1. The second-order valence-corrected chi connectivity index (χ2v) is 6.50. The van der Waals surface area contributed by atoms with E-state index in [9.17, 15) is 0 Å². The van der Waals surface area contributed by atoms with E-state index in [0.717, 1.165) is 24.7 Å². The Morgan fingerprint density at radius 2 is 1.80 bits per heavy atom. The van der Waals surface area contributed by atoms with Crippen LogP contribution < -0.4 is 10.6 Å². The van der Waals surface area contributed by atoms with Crippen LogP contribution in [-0.2, 0) is 0 Å². The molecule has 3 nitrogen and oxygen atoms in total. The highest BCUT2D eigenvalue weighted by Gasteiger charge is 2.23. The molecule has 3 heteroatoms. The van der Waals surface area contributed by atoms with Crippen LogP contribution in [0, 0.1) is 12.8 Å². The van der Waals surface area contributed by atoms with Crippen LogP contribution in [-0.4, -0.2) is 37.6 Å². The number of nitrogen functional groups attached to an aromatic ring is 1. The first-order valence-corrected chi connectivity index (χ1v) is 8.06. The Morgan fingerprint density at radius 3 is 2.45 bits per heavy atom. The quantitative estimate of drug-likeness (QED) is 0.860. The second-order valence-electron chi connectivity index (χ2n) is 6.50. The molecule has 2 N–H and O–H groups in total. The molecule has 3 rings (SSSR count). The van der Waals surface area contributed by atoms with Crippen molar-refractivity contribution in [3.63, 3.8) is 0 Å². The SMILES string of the molecule is Cc1ccc(N2CCC(CN3CCCC3)CC2)c(N)c1. The van der Waals surface area contributed by atoms with Gasteiger partial charge in [0.25, 0.3) is 0 Å². The number of anilines is 2. The molecule has 2 heterocycles. The number of nitrogens with zero attached hydrogens (tertiary/aromatic N) is 2. The van der Waals surface area contributed by atoms with Crippen LogP contribution in [0.2, 0.25) is 0 Å². The predicted octanol–water partition coefficient (Wildman–Crippen LogP) is 2.89. The number of benzene rings is 1. The van der Waals surface area contributed by atoms with E-state index in [-0.39, 0.29) is 0 Å². The van der Waals surface area contributed by atoms with Crippen molar-refractivity contribution in [2.24, 2.45) is 5.92 Å². The number of aryl methyl sites for hydroxylation is 1. The summed E-state index contributed by atoms with van der Waals surface area (Å²) in [5.41, 5.74) is 9.58. The van der Waals surface area contributed by atoms with E-state index >= 15 is 0 Å². The van der Waals surface area contributed by atoms with E-state index in [2.05, 4.69) is 34.9 Å². The van der Waals surface area contributed by atoms with Gasteiger partial charge in [-0.3, -0.25) is 0 Å². The highest BCUT2D eigenvalue weighted by Crippen LogP contribution is 2.29. The Morgan fingerprint density at radius 1 is 1.10 bits per heavy atom. The molecule has 2 saturated heterocycles. The first-order valence-electron chi connectivity index (χ1n) is 8.06. The molecule has 110 valence electrons. The summed E-state index contributed by atoms with van der Waals surface area (Å²) in [5, 5.41) is 0. The van der Waals surface area contributed by atoms with Crippen LogP contribution >= 0.6 is 0 Å². The summed E-state index contributed by atoms with van der Waals surface area (Å²) < 4.78 is 0.